The van der Waals surface area contributed by atoms with E-state index in [0.717, 1.165) is 25.3 Å². The van der Waals surface area contributed by atoms with Crippen molar-refractivity contribution in [2.45, 2.75) is 43.2 Å². The molecule has 0 radical (unpaired) electrons. The molecule has 2 N–H and O–H groups in total. The molecule has 3 atom stereocenters. The van der Waals surface area contributed by atoms with Gasteiger partial charge < -0.3 is 4.74 Å². The summed E-state index contributed by atoms with van der Waals surface area (Å²) in [6.07, 6.45) is 3.59. The molecule has 0 spiro atoms. The number of hydrogen-bond acceptors (Lipinski definition) is 3. The minimum Gasteiger partial charge on any atom is -0.484 e. The lowest BCUT2D eigenvalue weighted by Crippen LogP contribution is -2.38. The van der Waals surface area contributed by atoms with E-state index in [-0.39, 0.29) is 6.10 Å². The molecule has 0 bridgehead atoms. The van der Waals surface area contributed by atoms with E-state index in [1.807, 2.05) is 12.1 Å². The fourth-order valence-electron chi connectivity index (χ4n) is 4.14. The van der Waals surface area contributed by atoms with Crippen LogP contribution in [0.1, 0.15) is 35.6 Å². The van der Waals surface area contributed by atoms with Crippen LogP contribution in [0.2, 0.25) is 0 Å². The molecule has 0 saturated carbocycles. The molecule has 3 unspecified atom stereocenters. The van der Waals surface area contributed by atoms with Crippen LogP contribution in [-0.4, -0.2) is 34.1 Å². The summed E-state index contributed by atoms with van der Waals surface area (Å²) in [6, 6.07) is 14.3. The fraction of sp³-hybridized carbons (Fsp3) is 0.381. The Kier molecular flexibility index (Phi) is 4.55. The van der Waals surface area contributed by atoms with Crippen LogP contribution in [0.25, 0.3) is 0 Å². The average molecular weight is 371 g/mol. The van der Waals surface area contributed by atoms with Gasteiger partial charge in [0.15, 0.2) is 0 Å². The molecule has 1 aliphatic heterocycles. The summed E-state index contributed by atoms with van der Waals surface area (Å²) in [7, 11) is -2.69. The molecule has 138 valence electrons. The number of rotatable bonds is 4. The van der Waals surface area contributed by atoms with Crippen molar-refractivity contribution in [2.75, 3.05) is 13.1 Å². The molecule has 5 heteroatoms. The Morgan fingerprint density at radius 1 is 1.15 bits per heavy atom. The molecule has 2 aromatic rings. The van der Waals surface area contributed by atoms with E-state index in [2.05, 4.69) is 35.9 Å². The smallest absolute Gasteiger partial charge is 0.140 e. The molecule has 1 saturated heterocycles. The van der Waals surface area contributed by atoms with Gasteiger partial charge >= 0.3 is 0 Å². The number of likely N-dealkylation sites (tertiary alicyclic amines) is 1. The lowest BCUT2D eigenvalue weighted by molar-refractivity contribution is 0.0940. The molecule has 2 aliphatic rings. The summed E-state index contributed by atoms with van der Waals surface area (Å²) in [4.78, 5) is 3.11. The van der Waals surface area contributed by atoms with Gasteiger partial charge in [-0.1, -0.05) is 23.8 Å². The number of nitrogens with zero attached hydrogens (tertiary/aromatic N) is 1. The molecule has 4 nitrogen and oxygen atoms in total. The molecule has 2 aromatic carbocycles. The van der Waals surface area contributed by atoms with Gasteiger partial charge in [-0.05, 0) is 80.5 Å². The minimum absolute atomic E-state index is 0.0239. The SMILES string of the molecule is C=S(N)(=O)c1ccc(OC2c3cc(C)ccc3CC2N2CCCC2)cc1. The first-order valence-corrected chi connectivity index (χ1v) is 11.0. The summed E-state index contributed by atoms with van der Waals surface area (Å²) in [5.74, 6) is 4.31. The Morgan fingerprint density at radius 2 is 1.85 bits per heavy atom. The zero-order valence-electron chi connectivity index (χ0n) is 15.2. The van der Waals surface area contributed by atoms with Gasteiger partial charge in [-0.3, -0.25) is 10.0 Å². The first-order valence-electron chi connectivity index (χ1n) is 9.17. The van der Waals surface area contributed by atoms with E-state index < -0.39 is 9.71 Å². The highest BCUT2D eigenvalue weighted by molar-refractivity contribution is 7.98. The van der Waals surface area contributed by atoms with Crippen molar-refractivity contribution in [1.82, 2.24) is 4.90 Å². The van der Waals surface area contributed by atoms with E-state index in [9.17, 15) is 4.21 Å². The van der Waals surface area contributed by atoms with Crippen LogP contribution in [0.15, 0.2) is 47.4 Å². The molecule has 26 heavy (non-hydrogen) atoms. The Morgan fingerprint density at radius 3 is 2.50 bits per heavy atom. The maximum atomic E-state index is 11.9. The van der Waals surface area contributed by atoms with Crippen LogP contribution in [0.3, 0.4) is 0 Å². The Balaban J connectivity index is 1.64. The number of benzene rings is 2. The van der Waals surface area contributed by atoms with Gasteiger partial charge in [-0.2, -0.15) is 0 Å². The van der Waals surface area contributed by atoms with Gasteiger partial charge in [0.25, 0.3) is 0 Å². The maximum Gasteiger partial charge on any atom is 0.140 e. The molecule has 0 aromatic heterocycles. The van der Waals surface area contributed by atoms with Gasteiger partial charge in [0.2, 0.25) is 0 Å². The Bertz CT molecular complexity index is 900. The summed E-state index contributed by atoms with van der Waals surface area (Å²) in [5, 5.41) is 5.62. The van der Waals surface area contributed by atoms with Crippen molar-refractivity contribution < 1.29 is 8.95 Å². The van der Waals surface area contributed by atoms with Crippen LogP contribution in [0.5, 0.6) is 5.75 Å². The third kappa shape index (κ3) is 3.39. The molecular formula is C21H26N2O2S. The highest BCUT2D eigenvalue weighted by atomic mass is 32.2. The Hall–Kier alpha value is -1.82. The zero-order valence-corrected chi connectivity index (χ0v) is 16.0. The number of hydrogen-bond donors (Lipinski definition) is 1. The van der Waals surface area contributed by atoms with E-state index in [0.29, 0.717) is 10.9 Å². The molecule has 1 fully saturated rings. The quantitative estimate of drug-likeness (QED) is 0.842. The first-order chi connectivity index (χ1) is 12.4. The lowest BCUT2D eigenvalue weighted by atomic mass is 10.1. The van der Waals surface area contributed by atoms with Gasteiger partial charge in [-0.25, -0.2) is 4.21 Å². The van der Waals surface area contributed by atoms with Crippen molar-refractivity contribution >= 4 is 15.6 Å². The largest absolute Gasteiger partial charge is 0.484 e. The van der Waals surface area contributed by atoms with E-state index in [4.69, 9.17) is 9.88 Å². The highest BCUT2D eigenvalue weighted by Crippen LogP contribution is 2.39. The van der Waals surface area contributed by atoms with Gasteiger partial charge in [-0.15, -0.1) is 0 Å². The van der Waals surface area contributed by atoms with E-state index >= 15 is 0 Å². The Labute approximate surface area is 156 Å². The van der Waals surface area contributed by atoms with Crippen LogP contribution in [0, 0.1) is 6.92 Å². The molecule has 4 rings (SSSR count). The number of aryl methyl sites for hydroxylation is 1. The van der Waals surface area contributed by atoms with Crippen LogP contribution >= 0.6 is 0 Å². The second-order valence-electron chi connectivity index (χ2n) is 7.45. The van der Waals surface area contributed by atoms with Crippen LogP contribution in [-0.2, 0) is 16.1 Å². The molecule has 0 amide bonds. The van der Waals surface area contributed by atoms with Crippen molar-refractivity contribution in [3.05, 3.63) is 59.2 Å². The topological polar surface area (TPSA) is 55.6 Å². The maximum absolute atomic E-state index is 11.9. The third-order valence-electron chi connectivity index (χ3n) is 5.48. The van der Waals surface area contributed by atoms with E-state index in [1.165, 1.54) is 29.5 Å². The van der Waals surface area contributed by atoms with Gasteiger partial charge in [0.05, 0.1) is 15.7 Å². The summed E-state index contributed by atoms with van der Waals surface area (Å²) in [5.41, 5.74) is 3.94. The lowest BCUT2D eigenvalue weighted by Gasteiger charge is -2.30. The van der Waals surface area contributed by atoms with Crippen molar-refractivity contribution in [2.24, 2.45) is 5.14 Å². The van der Waals surface area contributed by atoms with Crippen LogP contribution < -0.4 is 9.88 Å². The van der Waals surface area contributed by atoms with Crippen molar-refractivity contribution in [3.63, 3.8) is 0 Å². The standard InChI is InChI=1S/C21H26N2O2S/c1-15-5-6-16-14-20(23-11-3-4-12-23)21(19(16)13-15)25-17-7-9-18(10-8-17)26(2,22)24/h5-10,13,20-21H,2-4,11-12,14H2,1H3,(H2,22,24). The predicted molar refractivity (Wildman–Crippen MR) is 107 cm³/mol. The predicted octanol–water partition coefficient (Wildman–Crippen LogP) is 3.08. The molecule has 1 aliphatic carbocycles. The fourth-order valence-corrected chi connectivity index (χ4v) is 4.73. The summed E-state index contributed by atoms with van der Waals surface area (Å²) < 4.78 is 18.3. The molecule has 1 heterocycles. The normalized spacial score (nSPS) is 25.0. The summed E-state index contributed by atoms with van der Waals surface area (Å²) >= 11 is 0. The number of ether oxygens (including phenoxy) is 1. The van der Waals surface area contributed by atoms with E-state index in [1.54, 1.807) is 12.1 Å². The monoisotopic (exact) mass is 370 g/mol. The highest BCUT2D eigenvalue weighted by Gasteiger charge is 2.38. The van der Waals surface area contributed by atoms with Gasteiger partial charge in [0.1, 0.15) is 11.9 Å². The number of nitrogens with two attached hydrogens (primary N) is 1. The zero-order chi connectivity index (χ0) is 18.3. The first kappa shape index (κ1) is 17.6. The summed E-state index contributed by atoms with van der Waals surface area (Å²) in [6.45, 7) is 4.42. The van der Waals surface area contributed by atoms with Crippen LogP contribution in [0.4, 0.5) is 0 Å². The third-order valence-corrected chi connectivity index (χ3v) is 6.55. The second-order valence-corrected chi connectivity index (χ2v) is 9.38. The number of fused-ring (bicyclic) bond motifs is 1. The second kappa shape index (κ2) is 6.72. The van der Waals surface area contributed by atoms with Gasteiger partial charge in [0, 0.05) is 4.90 Å². The van der Waals surface area contributed by atoms with Crippen molar-refractivity contribution in [3.8, 4) is 5.75 Å². The minimum atomic E-state index is -2.69. The van der Waals surface area contributed by atoms with Crippen molar-refractivity contribution in [1.29, 1.82) is 0 Å². The molecular weight excluding hydrogens is 344 g/mol. The average Bonchev–Trinajstić information content (AvgIpc) is 3.23.